The lowest BCUT2D eigenvalue weighted by Crippen LogP contribution is -2.57. The van der Waals surface area contributed by atoms with Gasteiger partial charge in [0.2, 0.25) is 0 Å². The van der Waals surface area contributed by atoms with E-state index in [0.717, 1.165) is 11.8 Å². The van der Waals surface area contributed by atoms with E-state index in [4.69, 9.17) is 16.3 Å². The molecule has 7 nitrogen and oxygen atoms in total. The normalized spacial score (nSPS) is 20.0. The Hall–Kier alpha value is -3.52. The Kier molecular flexibility index (Phi) is 9.32. The van der Waals surface area contributed by atoms with Crippen LogP contribution in [0.5, 0.6) is 0 Å². The van der Waals surface area contributed by atoms with Gasteiger partial charge in [0.05, 0.1) is 24.3 Å². The van der Waals surface area contributed by atoms with Gasteiger partial charge in [-0.15, -0.1) is 0 Å². The first-order valence-corrected chi connectivity index (χ1v) is 14.1. The molecular formula is C33H37ClN2O5. The summed E-state index contributed by atoms with van der Waals surface area (Å²) >= 11 is 6.06. The maximum Gasteiger partial charge on any atom is 0.338 e. The van der Waals surface area contributed by atoms with Crippen LogP contribution in [0.25, 0.3) is 11.1 Å². The summed E-state index contributed by atoms with van der Waals surface area (Å²) in [5.74, 6) is -1.00. The van der Waals surface area contributed by atoms with Crippen molar-refractivity contribution in [3.63, 3.8) is 0 Å². The number of likely N-dealkylation sites (tertiary alicyclic amines) is 1. The van der Waals surface area contributed by atoms with E-state index in [9.17, 15) is 19.5 Å². The molecule has 216 valence electrons. The van der Waals surface area contributed by atoms with Crippen LogP contribution in [-0.4, -0.2) is 61.0 Å². The van der Waals surface area contributed by atoms with Crippen LogP contribution >= 0.6 is 11.6 Å². The molecule has 1 heterocycles. The van der Waals surface area contributed by atoms with E-state index < -0.39 is 23.0 Å². The van der Waals surface area contributed by atoms with Crippen molar-refractivity contribution < 1.29 is 24.2 Å². The van der Waals surface area contributed by atoms with E-state index >= 15 is 0 Å². The Morgan fingerprint density at radius 3 is 2.46 bits per heavy atom. The number of ether oxygens (including phenoxy) is 1. The summed E-state index contributed by atoms with van der Waals surface area (Å²) in [5, 5.41) is 15.2. The molecule has 0 bridgehead atoms. The maximum atomic E-state index is 13.2. The zero-order chi connectivity index (χ0) is 29.8. The van der Waals surface area contributed by atoms with Crippen molar-refractivity contribution in [2.75, 3.05) is 26.7 Å². The molecule has 3 aromatic carbocycles. The smallest absolute Gasteiger partial charge is 0.338 e. The molecule has 3 atom stereocenters. The van der Waals surface area contributed by atoms with Gasteiger partial charge >= 0.3 is 5.97 Å². The number of amides is 1. The number of nitrogens with zero attached hydrogens (tertiary/aromatic N) is 1. The van der Waals surface area contributed by atoms with E-state index in [-0.39, 0.29) is 11.8 Å². The van der Waals surface area contributed by atoms with Crippen LogP contribution < -0.4 is 5.32 Å². The fraction of sp³-hybridized carbons (Fsp3) is 0.364. The maximum absolute atomic E-state index is 13.2. The number of aliphatic hydroxyl groups is 1. The lowest BCUT2D eigenvalue weighted by Gasteiger charge is -2.51. The first kappa shape index (κ1) is 30.4. The van der Waals surface area contributed by atoms with E-state index in [1.54, 1.807) is 48.5 Å². The molecule has 0 saturated carbocycles. The molecule has 0 radical (unpaired) electrons. The summed E-state index contributed by atoms with van der Waals surface area (Å²) in [4.78, 5) is 39.8. The second-order valence-electron chi connectivity index (χ2n) is 11.5. The van der Waals surface area contributed by atoms with Gasteiger partial charge in [0.1, 0.15) is 6.29 Å². The van der Waals surface area contributed by atoms with Crippen molar-refractivity contribution in [3.05, 3.63) is 94.5 Å². The van der Waals surface area contributed by atoms with Gasteiger partial charge in [-0.2, -0.15) is 0 Å². The molecule has 4 rings (SSSR count). The number of carbonyl (C=O) groups excluding carboxylic acids is 3. The highest BCUT2D eigenvalue weighted by atomic mass is 35.5. The van der Waals surface area contributed by atoms with Crippen LogP contribution in [0.2, 0.25) is 5.02 Å². The topological polar surface area (TPSA) is 95.9 Å². The standard InChI is InChI=1S/C33H37ClN2O5/c1-22(19-36-17-16-33(40,32(2,3)21-36)25-12-14-26(34)15-13-25)29(20-37)35-30(38)24-9-7-8-23(18-24)27-10-5-6-11-28(27)31(39)41-4/h5-15,18,20,22,29,40H,16-17,19,21H2,1-4H3,(H,35,38)/t22-,29?,33-/m0/s1. The number of rotatable bonds is 9. The minimum atomic E-state index is -1.01. The highest BCUT2D eigenvalue weighted by Gasteiger charge is 2.48. The molecule has 1 unspecified atom stereocenters. The fourth-order valence-corrected chi connectivity index (χ4v) is 5.89. The van der Waals surface area contributed by atoms with E-state index in [1.807, 2.05) is 45.0 Å². The Bertz CT molecular complexity index is 1410. The lowest BCUT2D eigenvalue weighted by molar-refractivity contribution is -0.128. The molecule has 0 aliphatic carbocycles. The summed E-state index contributed by atoms with van der Waals surface area (Å²) in [7, 11) is 1.33. The van der Waals surface area contributed by atoms with Crippen LogP contribution in [0, 0.1) is 11.3 Å². The highest BCUT2D eigenvalue weighted by molar-refractivity contribution is 6.30. The minimum Gasteiger partial charge on any atom is -0.465 e. The number of hydrogen-bond acceptors (Lipinski definition) is 6. The molecule has 1 aliphatic heterocycles. The number of aldehydes is 1. The van der Waals surface area contributed by atoms with Gasteiger partial charge in [0, 0.05) is 35.6 Å². The number of piperidine rings is 1. The molecule has 3 aromatic rings. The fourth-order valence-electron chi connectivity index (χ4n) is 5.76. The SMILES string of the molecule is COC(=O)c1ccccc1-c1cccc(C(=O)NC(C=O)[C@@H](C)CN2CC[C@](O)(c3ccc(Cl)cc3)C(C)(C)C2)c1. The first-order chi connectivity index (χ1) is 19.5. The predicted molar refractivity (Wildman–Crippen MR) is 160 cm³/mol. The molecule has 1 aliphatic rings. The van der Waals surface area contributed by atoms with Gasteiger partial charge in [-0.25, -0.2) is 4.79 Å². The van der Waals surface area contributed by atoms with Crippen LogP contribution in [0.1, 0.15) is 53.5 Å². The van der Waals surface area contributed by atoms with E-state index in [1.165, 1.54) is 7.11 Å². The van der Waals surface area contributed by atoms with Crippen molar-refractivity contribution in [1.29, 1.82) is 0 Å². The van der Waals surface area contributed by atoms with Gasteiger partial charge in [0.15, 0.2) is 0 Å². The Morgan fingerprint density at radius 1 is 1.10 bits per heavy atom. The van der Waals surface area contributed by atoms with Gasteiger partial charge < -0.3 is 24.9 Å². The molecule has 1 fully saturated rings. The Labute approximate surface area is 246 Å². The van der Waals surface area contributed by atoms with E-state index in [2.05, 4.69) is 10.2 Å². The Morgan fingerprint density at radius 2 is 1.80 bits per heavy atom. The summed E-state index contributed by atoms with van der Waals surface area (Å²) in [6.07, 6.45) is 1.31. The van der Waals surface area contributed by atoms with Crippen LogP contribution in [-0.2, 0) is 15.1 Å². The van der Waals surface area contributed by atoms with Crippen molar-refractivity contribution in [2.24, 2.45) is 11.3 Å². The number of carbonyl (C=O) groups is 3. The van der Waals surface area contributed by atoms with Crippen molar-refractivity contribution >= 4 is 29.8 Å². The van der Waals surface area contributed by atoms with Gasteiger partial charge in [-0.3, -0.25) is 4.79 Å². The van der Waals surface area contributed by atoms with Crippen molar-refractivity contribution in [2.45, 2.75) is 38.8 Å². The third kappa shape index (κ3) is 6.53. The second-order valence-corrected chi connectivity index (χ2v) is 11.9. The molecule has 0 aromatic heterocycles. The third-order valence-electron chi connectivity index (χ3n) is 8.22. The summed E-state index contributed by atoms with van der Waals surface area (Å²) in [6.45, 7) is 7.88. The van der Waals surface area contributed by atoms with Crippen molar-refractivity contribution in [1.82, 2.24) is 10.2 Å². The number of nitrogens with one attached hydrogen (secondary N) is 1. The van der Waals surface area contributed by atoms with E-state index in [0.29, 0.717) is 53.3 Å². The number of methoxy groups -OCH3 is 1. The predicted octanol–water partition coefficient (Wildman–Crippen LogP) is 5.35. The van der Waals surface area contributed by atoms with Crippen LogP contribution in [0.15, 0.2) is 72.8 Å². The van der Waals surface area contributed by atoms with Gasteiger partial charge in [-0.1, -0.05) is 74.8 Å². The molecular weight excluding hydrogens is 540 g/mol. The molecule has 1 saturated heterocycles. The quantitative estimate of drug-likeness (QED) is 0.263. The van der Waals surface area contributed by atoms with Crippen LogP contribution in [0.4, 0.5) is 0 Å². The molecule has 8 heteroatoms. The van der Waals surface area contributed by atoms with Gasteiger partial charge in [-0.05, 0) is 59.4 Å². The molecule has 2 N–H and O–H groups in total. The summed E-state index contributed by atoms with van der Waals surface area (Å²) in [5.41, 5.74) is 1.51. The second kappa shape index (κ2) is 12.6. The van der Waals surface area contributed by atoms with Crippen LogP contribution in [0.3, 0.4) is 0 Å². The number of esters is 1. The molecule has 0 spiro atoms. The number of halogens is 1. The third-order valence-corrected chi connectivity index (χ3v) is 8.47. The number of hydrogen-bond donors (Lipinski definition) is 2. The zero-order valence-electron chi connectivity index (χ0n) is 23.9. The highest BCUT2D eigenvalue weighted by Crippen LogP contribution is 2.46. The van der Waals surface area contributed by atoms with Gasteiger partial charge in [0.25, 0.3) is 5.91 Å². The molecule has 41 heavy (non-hydrogen) atoms. The minimum absolute atomic E-state index is 0.169. The monoisotopic (exact) mass is 576 g/mol. The summed E-state index contributed by atoms with van der Waals surface area (Å²) < 4.78 is 4.90. The van der Waals surface area contributed by atoms with Crippen molar-refractivity contribution in [3.8, 4) is 11.1 Å². The first-order valence-electron chi connectivity index (χ1n) is 13.7. The average molecular weight is 577 g/mol. The Balaban J connectivity index is 1.43. The zero-order valence-corrected chi connectivity index (χ0v) is 24.6. The lowest BCUT2D eigenvalue weighted by atomic mass is 9.66. The molecule has 1 amide bonds. The summed E-state index contributed by atoms with van der Waals surface area (Å²) in [6, 6.07) is 20.6. The number of benzene rings is 3. The average Bonchev–Trinajstić information content (AvgIpc) is 2.97. The largest absolute Gasteiger partial charge is 0.465 e.